The number of amides is 1. The highest BCUT2D eigenvalue weighted by Gasteiger charge is 2.23. The highest BCUT2D eigenvalue weighted by atomic mass is 16.5. The number of aryl methyl sites for hydroxylation is 1. The Bertz CT molecular complexity index is 1370. The summed E-state index contributed by atoms with van der Waals surface area (Å²) in [6.45, 7) is 4.00. The number of nitrogens with one attached hydrogen (secondary N) is 1. The standard InChI is InChI=1S/C25H21N5O3/c1-3-30-23-20(15-27-30)19(13-22(28-23)17-9-5-4-6-10-17)25(32)33-16(2)24(31)29-21-12-8-7-11-18(21)14-26/h4-13,15-16H,3H2,1-2H3,(H,29,31). The number of para-hydroxylation sites is 1. The first kappa shape index (κ1) is 21.7. The van der Waals surface area contributed by atoms with Crippen molar-refractivity contribution in [1.29, 1.82) is 5.26 Å². The van der Waals surface area contributed by atoms with Crippen LogP contribution >= 0.6 is 0 Å². The predicted octanol–water partition coefficient (Wildman–Crippen LogP) is 4.17. The maximum atomic E-state index is 13.1. The molecule has 1 unspecified atom stereocenters. The first-order valence-corrected chi connectivity index (χ1v) is 10.4. The lowest BCUT2D eigenvalue weighted by Gasteiger charge is -2.15. The largest absolute Gasteiger partial charge is 0.449 e. The third-order valence-corrected chi connectivity index (χ3v) is 5.16. The Labute approximate surface area is 190 Å². The SMILES string of the molecule is CCn1ncc2c(C(=O)OC(C)C(=O)Nc3ccccc3C#N)cc(-c3ccccc3)nc21. The number of benzene rings is 2. The van der Waals surface area contributed by atoms with Gasteiger partial charge >= 0.3 is 5.97 Å². The zero-order chi connectivity index (χ0) is 23.4. The number of pyridine rings is 1. The average molecular weight is 439 g/mol. The summed E-state index contributed by atoms with van der Waals surface area (Å²) in [6, 6.07) is 19.8. The number of aromatic nitrogens is 3. The van der Waals surface area contributed by atoms with E-state index in [4.69, 9.17) is 9.72 Å². The summed E-state index contributed by atoms with van der Waals surface area (Å²) in [7, 11) is 0. The van der Waals surface area contributed by atoms with E-state index in [0.717, 1.165) is 5.56 Å². The molecule has 0 aliphatic carbocycles. The summed E-state index contributed by atoms with van der Waals surface area (Å²) in [6.07, 6.45) is 0.485. The van der Waals surface area contributed by atoms with Gasteiger partial charge in [0.25, 0.3) is 5.91 Å². The molecular formula is C25H21N5O3. The van der Waals surface area contributed by atoms with Crippen LogP contribution in [0.5, 0.6) is 0 Å². The molecule has 2 aromatic heterocycles. The summed E-state index contributed by atoms with van der Waals surface area (Å²) >= 11 is 0. The number of carbonyl (C=O) groups excluding carboxylic acids is 2. The molecule has 0 bridgehead atoms. The van der Waals surface area contributed by atoms with E-state index in [1.54, 1.807) is 41.2 Å². The van der Waals surface area contributed by atoms with Gasteiger partial charge in [0.1, 0.15) is 6.07 Å². The van der Waals surface area contributed by atoms with Gasteiger partial charge in [0.05, 0.1) is 34.1 Å². The second-order valence-corrected chi connectivity index (χ2v) is 7.31. The molecule has 0 aliphatic rings. The third kappa shape index (κ3) is 4.43. The van der Waals surface area contributed by atoms with E-state index in [-0.39, 0.29) is 5.56 Å². The van der Waals surface area contributed by atoms with Gasteiger partial charge in [0.15, 0.2) is 11.8 Å². The van der Waals surface area contributed by atoms with Crippen LogP contribution in [0, 0.1) is 11.3 Å². The zero-order valence-electron chi connectivity index (χ0n) is 18.1. The maximum absolute atomic E-state index is 13.1. The van der Waals surface area contributed by atoms with Crippen LogP contribution in [0.2, 0.25) is 0 Å². The molecule has 2 aromatic carbocycles. The molecule has 0 saturated heterocycles. The van der Waals surface area contributed by atoms with Crippen LogP contribution < -0.4 is 5.32 Å². The van der Waals surface area contributed by atoms with E-state index in [1.165, 1.54) is 6.92 Å². The molecule has 8 heteroatoms. The van der Waals surface area contributed by atoms with Crippen molar-refractivity contribution < 1.29 is 14.3 Å². The molecule has 0 fully saturated rings. The Kier molecular flexibility index (Phi) is 6.13. The van der Waals surface area contributed by atoms with E-state index < -0.39 is 18.0 Å². The van der Waals surface area contributed by atoms with Crippen LogP contribution in [0.15, 0.2) is 66.9 Å². The first-order chi connectivity index (χ1) is 16.0. The molecule has 0 saturated carbocycles. The van der Waals surface area contributed by atoms with Crippen molar-refractivity contribution in [3.8, 4) is 17.3 Å². The summed E-state index contributed by atoms with van der Waals surface area (Å²) in [5.74, 6) is -1.20. The van der Waals surface area contributed by atoms with Crippen molar-refractivity contribution in [2.45, 2.75) is 26.5 Å². The quantitative estimate of drug-likeness (QED) is 0.452. The van der Waals surface area contributed by atoms with Crippen LogP contribution in [0.25, 0.3) is 22.3 Å². The van der Waals surface area contributed by atoms with Crippen LogP contribution in [-0.4, -0.2) is 32.7 Å². The average Bonchev–Trinajstić information content (AvgIpc) is 3.27. The number of nitrogens with zero attached hydrogens (tertiary/aromatic N) is 4. The first-order valence-electron chi connectivity index (χ1n) is 10.4. The van der Waals surface area contributed by atoms with Gasteiger partial charge in [-0.25, -0.2) is 14.5 Å². The highest BCUT2D eigenvalue weighted by molar-refractivity contribution is 6.05. The van der Waals surface area contributed by atoms with Gasteiger partial charge in [0, 0.05) is 12.1 Å². The van der Waals surface area contributed by atoms with Crippen molar-refractivity contribution in [1.82, 2.24) is 14.8 Å². The molecule has 33 heavy (non-hydrogen) atoms. The Morgan fingerprint density at radius 1 is 1.15 bits per heavy atom. The Hall–Kier alpha value is -4.51. The Morgan fingerprint density at radius 2 is 1.88 bits per heavy atom. The summed E-state index contributed by atoms with van der Waals surface area (Å²) < 4.78 is 7.19. The molecule has 4 rings (SSSR count). The molecular weight excluding hydrogens is 418 g/mol. The molecule has 0 aliphatic heterocycles. The lowest BCUT2D eigenvalue weighted by atomic mass is 10.1. The third-order valence-electron chi connectivity index (χ3n) is 5.16. The van der Waals surface area contributed by atoms with Gasteiger partial charge < -0.3 is 10.1 Å². The number of carbonyl (C=O) groups is 2. The minimum Gasteiger partial charge on any atom is -0.449 e. The summed E-state index contributed by atoms with van der Waals surface area (Å²) in [5.41, 5.74) is 2.96. The normalized spacial score (nSPS) is 11.5. The number of ether oxygens (including phenoxy) is 1. The minimum absolute atomic E-state index is 0.274. The highest BCUT2D eigenvalue weighted by Crippen LogP contribution is 2.26. The fraction of sp³-hybridized carbons (Fsp3) is 0.160. The van der Waals surface area contributed by atoms with Gasteiger partial charge in [0.2, 0.25) is 0 Å². The monoisotopic (exact) mass is 439 g/mol. The summed E-state index contributed by atoms with van der Waals surface area (Å²) in [5, 5.41) is 16.7. The van der Waals surface area contributed by atoms with Crippen molar-refractivity contribution in [2.24, 2.45) is 0 Å². The van der Waals surface area contributed by atoms with E-state index in [9.17, 15) is 14.9 Å². The fourth-order valence-electron chi connectivity index (χ4n) is 3.41. The number of anilines is 1. The Morgan fingerprint density at radius 3 is 2.61 bits per heavy atom. The van der Waals surface area contributed by atoms with Gasteiger partial charge in [-0.3, -0.25) is 4.79 Å². The van der Waals surface area contributed by atoms with Gasteiger partial charge in [-0.05, 0) is 32.0 Å². The second kappa shape index (κ2) is 9.32. The number of fused-ring (bicyclic) bond motifs is 1. The lowest BCUT2D eigenvalue weighted by molar-refractivity contribution is -0.123. The smallest absolute Gasteiger partial charge is 0.339 e. The minimum atomic E-state index is -1.09. The van der Waals surface area contributed by atoms with Crippen molar-refractivity contribution in [2.75, 3.05) is 5.32 Å². The van der Waals surface area contributed by atoms with Crippen LogP contribution in [0.1, 0.15) is 29.8 Å². The van der Waals surface area contributed by atoms with Crippen molar-refractivity contribution >= 4 is 28.6 Å². The van der Waals surface area contributed by atoms with E-state index in [2.05, 4.69) is 10.4 Å². The van der Waals surface area contributed by atoms with E-state index in [0.29, 0.717) is 34.5 Å². The van der Waals surface area contributed by atoms with Crippen LogP contribution in [-0.2, 0) is 16.1 Å². The molecule has 1 N–H and O–H groups in total. The van der Waals surface area contributed by atoms with Crippen molar-refractivity contribution in [3.05, 3.63) is 78.0 Å². The molecule has 8 nitrogen and oxygen atoms in total. The molecule has 1 atom stereocenters. The van der Waals surface area contributed by atoms with Crippen LogP contribution in [0.4, 0.5) is 5.69 Å². The second-order valence-electron chi connectivity index (χ2n) is 7.31. The fourth-order valence-corrected chi connectivity index (χ4v) is 3.41. The number of rotatable bonds is 6. The molecule has 0 spiro atoms. The molecule has 1 amide bonds. The molecule has 164 valence electrons. The van der Waals surface area contributed by atoms with Crippen molar-refractivity contribution in [3.63, 3.8) is 0 Å². The molecule has 2 heterocycles. The molecule has 4 aromatic rings. The van der Waals surface area contributed by atoms with E-state index >= 15 is 0 Å². The van der Waals surface area contributed by atoms with E-state index in [1.807, 2.05) is 43.3 Å². The number of hydrogen-bond acceptors (Lipinski definition) is 6. The predicted molar refractivity (Wildman–Crippen MR) is 123 cm³/mol. The lowest BCUT2D eigenvalue weighted by Crippen LogP contribution is -2.30. The summed E-state index contributed by atoms with van der Waals surface area (Å²) in [4.78, 5) is 30.4. The van der Waals surface area contributed by atoms with Crippen LogP contribution in [0.3, 0.4) is 0 Å². The van der Waals surface area contributed by atoms with Gasteiger partial charge in [-0.1, -0.05) is 42.5 Å². The number of esters is 1. The number of nitriles is 1. The van der Waals surface area contributed by atoms with Gasteiger partial charge in [-0.15, -0.1) is 0 Å². The Balaban J connectivity index is 1.63. The number of hydrogen-bond donors (Lipinski definition) is 1. The zero-order valence-corrected chi connectivity index (χ0v) is 18.1. The van der Waals surface area contributed by atoms with Gasteiger partial charge in [-0.2, -0.15) is 10.4 Å². The molecule has 0 radical (unpaired) electrons. The topological polar surface area (TPSA) is 110 Å². The maximum Gasteiger partial charge on any atom is 0.339 e.